The summed E-state index contributed by atoms with van der Waals surface area (Å²) in [5, 5.41) is 7.82. The van der Waals surface area contributed by atoms with Crippen LogP contribution in [0.4, 0.5) is 0 Å². The Balaban J connectivity index is 2.21. The predicted octanol–water partition coefficient (Wildman–Crippen LogP) is 2.52. The first-order chi connectivity index (χ1) is 7.76. The van der Waals surface area contributed by atoms with Gasteiger partial charge in [-0.1, -0.05) is 26.7 Å². The van der Waals surface area contributed by atoms with Crippen LogP contribution in [0.25, 0.3) is 0 Å². The fourth-order valence-corrected chi connectivity index (χ4v) is 2.07. The van der Waals surface area contributed by atoms with E-state index in [-0.39, 0.29) is 0 Å². The molecule has 1 aromatic heterocycles. The molecule has 0 aliphatic carbocycles. The van der Waals surface area contributed by atoms with Gasteiger partial charge in [-0.25, -0.2) is 0 Å². The van der Waals surface area contributed by atoms with Crippen molar-refractivity contribution < 1.29 is 0 Å². The van der Waals surface area contributed by atoms with Crippen LogP contribution < -0.4 is 5.32 Å². The van der Waals surface area contributed by atoms with Crippen LogP contribution in [0.2, 0.25) is 0 Å². The highest BCUT2D eigenvalue weighted by Gasteiger charge is 2.05. The first kappa shape index (κ1) is 13.2. The van der Waals surface area contributed by atoms with Crippen LogP contribution in [0.3, 0.4) is 0 Å². The van der Waals surface area contributed by atoms with Crippen LogP contribution in [-0.4, -0.2) is 22.4 Å². The Labute approximate surface area is 99.2 Å². The fraction of sp³-hybridized carbons (Fsp3) is 0.769. The van der Waals surface area contributed by atoms with E-state index in [1.165, 1.54) is 31.2 Å². The van der Waals surface area contributed by atoms with Gasteiger partial charge in [0.05, 0.1) is 6.20 Å². The molecule has 92 valence electrons. The van der Waals surface area contributed by atoms with Crippen LogP contribution in [0.1, 0.15) is 45.1 Å². The summed E-state index contributed by atoms with van der Waals surface area (Å²) in [6.07, 6.45) is 10.3. The van der Waals surface area contributed by atoms with Gasteiger partial charge in [-0.15, -0.1) is 0 Å². The van der Waals surface area contributed by atoms with E-state index in [2.05, 4.69) is 30.5 Å². The van der Waals surface area contributed by atoms with E-state index in [0.29, 0.717) is 6.04 Å². The third-order valence-electron chi connectivity index (χ3n) is 2.88. The molecule has 0 radical (unpaired) electrons. The summed E-state index contributed by atoms with van der Waals surface area (Å²) in [4.78, 5) is 0. The zero-order valence-electron chi connectivity index (χ0n) is 10.9. The zero-order valence-corrected chi connectivity index (χ0v) is 10.9. The molecule has 0 aromatic carbocycles. The Bertz CT molecular complexity index is 274. The summed E-state index contributed by atoms with van der Waals surface area (Å²) >= 11 is 0. The Morgan fingerprint density at radius 2 is 2.00 bits per heavy atom. The molecular formula is C13H25N3. The van der Waals surface area contributed by atoms with E-state index in [1.54, 1.807) is 0 Å². The van der Waals surface area contributed by atoms with Gasteiger partial charge < -0.3 is 5.32 Å². The van der Waals surface area contributed by atoms with Crippen molar-refractivity contribution in [1.29, 1.82) is 0 Å². The Morgan fingerprint density at radius 1 is 1.31 bits per heavy atom. The van der Waals surface area contributed by atoms with Crippen LogP contribution in [0.15, 0.2) is 12.4 Å². The van der Waals surface area contributed by atoms with Gasteiger partial charge in [-0.05, 0) is 31.4 Å². The van der Waals surface area contributed by atoms with Crippen LogP contribution in [0.5, 0.6) is 0 Å². The molecule has 0 aliphatic rings. The van der Waals surface area contributed by atoms with Crippen LogP contribution >= 0.6 is 0 Å². The van der Waals surface area contributed by atoms with Gasteiger partial charge in [-0.3, -0.25) is 4.68 Å². The summed E-state index contributed by atoms with van der Waals surface area (Å²) in [6.45, 7) is 5.58. The quantitative estimate of drug-likeness (QED) is 0.734. The molecule has 1 N–H and O–H groups in total. The van der Waals surface area contributed by atoms with Crippen molar-refractivity contribution in [1.82, 2.24) is 15.1 Å². The predicted molar refractivity (Wildman–Crippen MR) is 68.5 cm³/mol. The smallest absolute Gasteiger partial charge is 0.0522 e. The van der Waals surface area contributed by atoms with Crippen molar-refractivity contribution in [2.75, 3.05) is 6.54 Å². The highest BCUT2D eigenvalue weighted by Crippen LogP contribution is 2.05. The van der Waals surface area contributed by atoms with E-state index < -0.39 is 0 Å². The molecule has 3 heteroatoms. The second-order valence-corrected chi connectivity index (χ2v) is 4.50. The monoisotopic (exact) mass is 223 g/mol. The highest BCUT2D eigenvalue weighted by atomic mass is 15.2. The molecule has 3 nitrogen and oxygen atoms in total. The van der Waals surface area contributed by atoms with E-state index in [1.807, 2.05) is 17.9 Å². The second kappa shape index (κ2) is 7.44. The number of nitrogens with one attached hydrogen (secondary N) is 1. The maximum atomic E-state index is 4.18. The molecule has 0 atom stereocenters. The molecule has 0 unspecified atom stereocenters. The van der Waals surface area contributed by atoms with Crippen LogP contribution in [0, 0.1) is 0 Å². The van der Waals surface area contributed by atoms with Crippen molar-refractivity contribution >= 4 is 0 Å². The number of aryl methyl sites for hydroxylation is 1. The lowest BCUT2D eigenvalue weighted by molar-refractivity contribution is 0.447. The first-order valence-electron chi connectivity index (χ1n) is 6.47. The first-order valence-corrected chi connectivity index (χ1v) is 6.47. The summed E-state index contributed by atoms with van der Waals surface area (Å²) in [5.41, 5.74) is 1.32. The molecule has 0 aliphatic heterocycles. The average Bonchev–Trinajstić information content (AvgIpc) is 2.65. The zero-order chi connectivity index (χ0) is 11.8. The van der Waals surface area contributed by atoms with E-state index in [4.69, 9.17) is 0 Å². The van der Waals surface area contributed by atoms with E-state index in [9.17, 15) is 0 Å². The third-order valence-corrected chi connectivity index (χ3v) is 2.88. The lowest BCUT2D eigenvalue weighted by Gasteiger charge is -2.16. The largest absolute Gasteiger partial charge is 0.314 e. The van der Waals surface area contributed by atoms with Gasteiger partial charge >= 0.3 is 0 Å². The van der Waals surface area contributed by atoms with Crippen molar-refractivity contribution in [2.45, 2.75) is 52.0 Å². The maximum Gasteiger partial charge on any atom is 0.0522 e. The molecular weight excluding hydrogens is 198 g/mol. The highest BCUT2D eigenvalue weighted by molar-refractivity contribution is 5.03. The number of hydrogen-bond acceptors (Lipinski definition) is 2. The Morgan fingerprint density at radius 3 is 2.50 bits per heavy atom. The minimum absolute atomic E-state index is 0.701. The molecule has 1 rings (SSSR count). The molecule has 0 spiro atoms. The van der Waals surface area contributed by atoms with Gasteiger partial charge in [0.15, 0.2) is 0 Å². The maximum absolute atomic E-state index is 4.18. The van der Waals surface area contributed by atoms with E-state index >= 15 is 0 Å². The molecule has 0 saturated heterocycles. The van der Waals surface area contributed by atoms with Gasteiger partial charge in [0, 0.05) is 19.3 Å². The minimum atomic E-state index is 0.701. The molecule has 1 heterocycles. The van der Waals surface area contributed by atoms with Crippen molar-refractivity contribution in [3.05, 3.63) is 18.0 Å². The lowest BCUT2D eigenvalue weighted by Crippen LogP contribution is -2.30. The van der Waals surface area contributed by atoms with Gasteiger partial charge in [0.25, 0.3) is 0 Å². The number of rotatable bonds is 8. The van der Waals surface area contributed by atoms with Gasteiger partial charge in [0.1, 0.15) is 0 Å². The van der Waals surface area contributed by atoms with Gasteiger partial charge in [-0.2, -0.15) is 5.10 Å². The lowest BCUT2D eigenvalue weighted by atomic mass is 10.1. The Kier molecular flexibility index (Phi) is 6.16. The minimum Gasteiger partial charge on any atom is -0.314 e. The summed E-state index contributed by atoms with van der Waals surface area (Å²) in [7, 11) is 1.97. The number of aromatic nitrogens is 2. The van der Waals surface area contributed by atoms with E-state index in [0.717, 1.165) is 13.0 Å². The molecule has 1 aromatic rings. The fourth-order valence-electron chi connectivity index (χ4n) is 2.07. The molecule has 16 heavy (non-hydrogen) atoms. The summed E-state index contributed by atoms with van der Waals surface area (Å²) < 4.78 is 1.87. The standard InChI is InChI=1S/C13H25N3/c1-4-6-13(7-5-2)14-9-8-12-10-15-16(3)11-12/h10-11,13-14H,4-9H2,1-3H3. The number of hydrogen-bond donors (Lipinski definition) is 1. The van der Waals surface area contributed by atoms with Crippen molar-refractivity contribution in [3.63, 3.8) is 0 Å². The normalized spacial score (nSPS) is 11.2. The molecule has 0 saturated carbocycles. The second-order valence-electron chi connectivity index (χ2n) is 4.50. The SMILES string of the molecule is CCCC(CCC)NCCc1cnn(C)c1. The van der Waals surface area contributed by atoms with Crippen molar-refractivity contribution in [2.24, 2.45) is 7.05 Å². The third kappa shape index (κ3) is 4.79. The topological polar surface area (TPSA) is 29.9 Å². The van der Waals surface area contributed by atoms with Crippen molar-refractivity contribution in [3.8, 4) is 0 Å². The average molecular weight is 223 g/mol. The molecule has 0 fully saturated rings. The summed E-state index contributed by atoms with van der Waals surface area (Å²) in [5.74, 6) is 0. The Hall–Kier alpha value is -0.830. The van der Waals surface area contributed by atoms with Crippen LogP contribution in [-0.2, 0) is 13.5 Å². The van der Waals surface area contributed by atoms with Gasteiger partial charge in [0.2, 0.25) is 0 Å². The molecule has 0 amide bonds. The molecule has 0 bridgehead atoms. The number of nitrogens with zero attached hydrogens (tertiary/aromatic N) is 2. The summed E-state index contributed by atoms with van der Waals surface area (Å²) in [6, 6.07) is 0.701.